The van der Waals surface area contributed by atoms with Gasteiger partial charge in [-0.1, -0.05) is 6.07 Å². The summed E-state index contributed by atoms with van der Waals surface area (Å²) in [4.78, 5) is 3.97. The van der Waals surface area contributed by atoms with E-state index in [1.807, 2.05) is 0 Å². The van der Waals surface area contributed by atoms with Crippen LogP contribution in [0.2, 0.25) is 0 Å². The number of aliphatic imine (C=N–C) groups is 1. The normalized spacial score (nSPS) is 11.9. The Morgan fingerprint density at radius 2 is 1.74 bits per heavy atom. The molecule has 0 aliphatic heterocycles. The van der Waals surface area contributed by atoms with Crippen molar-refractivity contribution in [2.24, 2.45) is 4.99 Å². The Morgan fingerprint density at radius 3 is 2.33 bits per heavy atom. The number of guanidine groups is 1. The molecule has 9 heteroatoms. The average Bonchev–Trinajstić information content (AvgIpc) is 2.64. The van der Waals surface area contributed by atoms with Crippen LogP contribution in [0.25, 0.3) is 0 Å². The molecule has 0 spiro atoms. The minimum atomic E-state index is -4.65. The average molecular weight is 385 g/mol. The van der Waals surface area contributed by atoms with Crippen molar-refractivity contribution in [3.8, 4) is 11.5 Å². The Morgan fingerprint density at radius 1 is 1.04 bits per heavy atom. The Hall–Kier alpha value is -2.97. The molecule has 0 aliphatic rings. The van der Waals surface area contributed by atoms with Crippen LogP contribution < -0.4 is 20.1 Å². The summed E-state index contributed by atoms with van der Waals surface area (Å²) in [5.41, 5.74) is -0.536. The van der Waals surface area contributed by atoms with Gasteiger partial charge >= 0.3 is 6.18 Å². The van der Waals surface area contributed by atoms with Crippen molar-refractivity contribution in [2.75, 3.05) is 26.6 Å². The minimum Gasteiger partial charge on any atom is -0.493 e. The number of methoxy groups -OCH3 is 2. The maximum Gasteiger partial charge on any atom is 0.416 e. The zero-order valence-electron chi connectivity index (χ0n) is 14.9. The first-order valence-corrected chi connectivity index (χ1v) is 7.83. The number of benzene rings is 2. The van der Waals surface area contributed by atoms with Crippen LogP contribution in [-0.2, 0) is 12.7 Å². The van der Waals surface area contributed by atoms with E-state index in [1.165, 1.54) is 21.3 Å². The van der Waals surface area contributed by atoms with Gasteiger partial charge in [0.2, 0.25) is 0 Å². The molecule has 0 heterocycles. The molecule has 0 radical (unpaired) electrons. The number of halogens is 4. The third kappa shape index (κ3) is 5.25. The molecule has 0 atom stereocenters. The number of hydrogen-bond donors (Lipinski definition) is 2. The highest BCUT2D eigenvalue weighted by Gasteiger charge is 2.33. The SMILES string of the molecule is CN=C(NCc1ccc(F)cc1C(F)(F)F)Nc1ccc(OC)c(OC)c1. The van der Waals surface area contributed by atoms with Gasteiger partial charge in [-0.05, 0) is 29.8 Å². The molecule has 27 heavy (non-hydrogen) atoms. The first-order chi connectivity index (χ1) is 12.8. The van der Waals surface area contributed by atoms with E-state index in [1.54, 1.807) is 18.2 Å². The van der Waals surface area contributed by atoms with Gasteiger partial charge in [0.1, 0.15) is 5.82 Å². The van der Waals surface area contributed by atoms with Crippen molar-refractivity contribution < 1.29 is 27.0 Å². The predicted octanol–water partition coefficient (Wildman–Crippen LogP) is 4.05. The highest BCUT2D eigenvalue weighted by atomic mass is 19.4. The molecule has 0 fully saturated rings. The lowest BCUT2D eigenvalue weighted by molar-refractivity contribution is -0.138. The molecule has 0 aliphatic carbocycles. The fourth-order valence-electron chi connectivity index (χ4n) is 2.38. The van der Waals surface area contributed by atoms with E-state index in [-0.39, 0.29) is 18.1 Å². The van der Waals surface area contributed by atoms with Crippen LogP contribution in [0.15, 0.2) is 41.4 Å². The molecular weight excluding hydrogens is 366 g/mol. The van der Waals surface area contributed by atoms with Gasteiger partial charge < -0.3 is 20.1 Å². The summed E-state index contributed by atoms with van der Waals surface area (Å²) in [6, 6.07) is 7.58. The topological polar surface area (TPSA) is 54.9 Å². The number of hydrogen-bond acceptors (Lipinski definition) is 3. The molecule has 0 saturated carbocycles. The van der Waals surface area contributed by atoms with E-state index in [0.717, 1.165) is 12.1 Å². The van der Waals surface area contributed by atoms with E-state index in [9.17, 15) is 17.6 Å². The van der Waals surface area contributed by atoms with Crippen LogP contribution in [0, 0.1) is 5.82 Å². The number of anilines is 1. The molecule has 0 amide bonds. The molecule has 0 saturated heterocycles. The number of ether oxygens (including phenoxy) is 2. The fraction of sp³-hybridized carbons (Fsp3) is 0.278. The van der Waals surface area contributed by atoms with Crippen LogP contribution in [0.1, 0.15) is 11.1 Å². The summed E-state index contributed by atoms with van der Waals surface area (Å²) in [6.07, 6.45) is -4.65. The highest BCUT2D eigenvalue weighted by Crippen LogP contribution is 2.32. The summed E-state index contributed by atoms with van der Waals surface area (Å²) in [6.45, 7) is -0.192. The maximum absolute atomic E-state index is 13.2. The van der Waals surface area contributed by atoms with Gasteiger partial charge in [-0.3, -0.25) is 4.99 Å². The summed E-state index contributed by atoms with van der Waals surface area (Å²) >= 11 is 0. The summed E-state index contributed by atoms with van der Waals surface area (Å²) < 4.78 is 62.7. The lowest BCUT2D eigenvalue weighted by Gasteiger charge is -2.16. The van der Waals surface area contributed by atoms with E-state index in [2.05, 4.69) is 15.6 Å². The van der Waals surface area contributed by atoms with Crippen LogP contribution in [0.3, 0.4) is 0 Å². The van der Waals surface area contributed by atoms with E-state index in [0.29, 0.717) is 23.3 Å². The number of alkyl halides is 3. The van der Waals surface area contributed by atoms with Crippen molar-refractivity contribution in [3.63, 3.8) is 0 Å². The van der Waals surface area contributed by atoms with Crippen molar-refractivity contribution in [1.82, 2.24) is 5.32 Å². The fourth-order valence-corrected chi connectivity index (χ4v) is 2.38. The van der Waals surface area contributed by atoms with E-state index >= 15 is 0 Å². The Bertz CT molecular complexity index is 823. The molecule has 146 valence electrons. The van der Waals surface area contributed by atoms with E-state index < -0.39 is 17.6 Å². The van der Waals surface area contributed by atoms with Gasteiger partial charge in [0.05, 0.1) is 19.8 Å². The van der Waals surface area contributed by atoms with Gasteiger partial charge in [-0.15, -0.1) is 0 Å². The second-order valence-electron chi connectivity index (χ2n) is 5.42. The predicted molar refractivity (Wildman–Crippen MR) is 94.8 cm³/mol. The third-order valence-electron chi connectivity index (χ3n) is 3.69. The van der Waals surface area contributed by atoms with Gasteiger partial charge in [-0.25, -0.2) is 4.39 Å². The van der Waals surface area contributed by atoms with Crippen molar-refractivity contribution in [3.05, 3.63) is 53.3 Å². The van der Waals surface area contributed by atoms with Crippen LogP contribution >= 0.6 is 0 Å². The molecule has 2 aromatic rings. The third-order valence-corrected chi connectivity index (χ3v) is 3.69. The first kappa shape index (κ1) is 20.3. The van der Waals surface area contributed by atoms with Crippen molar-refractivity contribution in [2.45, 2.75) is 12.7 Å². The van der Waals surface area contributed by atoms with Gasteiger partial charge in [0, 0.05) is 25.3 Å². The zero-order chi connectivity index (χ0) is 20.0. The van der Waals surface area contributed by atoms with Crippen LogP contribution in [0.4, 0.5) is 23.2 Å². The second-order valence-corrected chi connectivity index (χ2v) is 5.42. The van der Waals surface area contributed by atoms with E-state index in [4.69, 9.17) is 9.47 Å². The standard InChI is InChI=1S/C18H19F4N3O2/c1-23-17(25-13-6-7-15(26-2)16(9-13)27-3)24-10-11-4-5-12(19)8-14(11)18(20,21)22/h4-9H,10H2,1-3H3,(H2,23,24,25). The number of nitrogens with one attached hydrogen (secondary N) is 2. The molecule has 0 aromatic heterocycles. The first-order valence-electron chi connectivity index (χ1n) is 7.83. The highest BCUT2D eigenvalue weighted by molar-refractivity contribution is 5.93. The van der Waals surface area contributed by atoms with Crippen molar-refractivity contribution in [1.29, 1.82) is 0 Å². The maximum atomic E-state index is 13.2. The minimum absolute atomic E-state index is 0.0980. The monoisotopic (exact) mass is 385 g/mol. The number of rotatable bonds is 5. The van der Waals surface area contributed by atoms with Gasteiger partial charge in [0.25, 0.3) is 0 Å². The molecular formula is C18H19F4N3O2. The molecule has 5 nitrogen and oxygen atoms in total. The Balaban J connectivity index is 2.13. The smallest absolute Gasteiger partial charge is 0.416 e. The second kappa shape index (κ2) is 8.61. The molecule has 2 aromatic carbocycles. The number of nitrogens with zero attached hydrogens (tertiary/aromatic N) is 1. The molecule has 0 bridgehead atoms. The lowest BCUT2D eigenvalue weighted by atomic mass is 10.1. The summed E-state index contributed by atoms with van der Waals surface area (Å²) in [5.74, 6) is 0.307. The molecule has 2 rings (SSSR count). The Kier molecular flexibility index (Phi) is 6.49. The lowest BCUT2D eigenvalue weighted by Crippen LogP contribution is -2.31. The largest absolute Gasteiger partial charge is 0.493 e. The summed E-state index contributed by atoms with van der Waals surface area (Å²) in [5, 5.41) is 5.72. The van der Waals surface area contributed by atoms with Crippen LogP contribution in [0.5, 0.6) is 11.5 Å². The summed E-state index contributed by atoms with van der Waals surface area (Å²) in [7, 11) is 4.47. The van der Waals surface area contributed by atoms with Gasteiger partial charge in [0.15, 0.2) is 17.5 Å². The Labute approximate surface area is 154 Å². The molecule has 2 N–H and O–H groups in total. The van der Waals surface area contributed by atoms with Crippen LogP contribution in [-0.4, -0.2) is 27.2 Å². The zero-order valence-corrected chi connectivity index (χ0v) is 14.9. The quantitative estimate of drug-likeness (QED) is 0.463. The van der Waals surface area contributed by atoms with Crippen molar-refractivity contribution >= 4 is 11.6 Å². The molecule has 0 unspecified atom stereocenters. The van der Waals surface area contributed by atoms with Gasteiger partial charge in [-0.2, -0.15) is 13.2 Å².